The van der Waals surface area contributed by atoms with E-state index < -0.39 is 0 Å². The Hall–Kier alpha value is -4.03. The van der Waals surface area contributed by atoms with Gasteiger partial charge in [0.05, 0.1) is 25.0 Å². The molecule has 6 nitrogen and oxygen atoms in total. The molecule has 184 valence electrons. The van der Waals surface area contributed by atoms with Crippen LogP contribution in [0.25, 0.3) is 10.8 Å². The van der Waals surface area contributed by atoms with E-state index in [1.54, 1.807) is 30.3 Å². The first-order valence-electron chi connectivity index (χ1n) is 11.6. The van der Waals surface area contributed by atoms with Crippen LogP contribution in [0, 0.1) is 0 Å². The average molecular weight is 503 g/mol. The van der Waals surface area contributed by atoms with Crippen molar-refractivity contribution >= 4 is 34.5 Å². The van der Waals surface area contributed by atoms with Crippen LogP contribution in [0.4, 0.5) is 0 Å². The summed E-state index contributed by atoms with van der Waals surface area (Å²) in [6.45, 7) is 2.99. The third-order valence-electron chi connectivity index (χ3n) is 5.49. The van der Waals surface area contributed by atoms with Crippen LogP contribution in [0.2, 0.25) is 5.02 Å². The van der Waals surface area contributed by atoms with Crippen LogP contribution in [0.1, 0.15) is 34.8 Å². The number of carbonyl (C=O) groups excluding carboxylic acids is 1. The minimum atomic E-state index is -0.368. The summed E-state index contributed by atoms with van der Waals surface area (Å²) in [5.41, 5.74) is 4.73. The summed E-state index contributed by atoms with van der Waals surface area (Å²) in [7, 11) is 1.53. The summed E-state index contributed by atoms with van der Waals surface area (Å²) in [5, 5.41) is 6.82. The highest BCUT2D eigenvalue weighted by Crippen LogP contribution is 2.29. The van der Waals surface area contributed by atoms with Gasteiger partial charge in [0.25, 0.3) is 5.91 Å². The maximum Gasteiger partial charge on any atom is 0.271 e. The van der Waals surface area contributed by atoms with Gasteiger partial charge < -0.3 is 14.2 Å². The highest BCUT2D eigenvalue weighted by Gasteiger charge is 2.11. The topological polar surface area (TPSA) is 69.2 Å². The van der Waals surface area contributed by atoms with Crippen molar-refractivity contribution in [2.24, 2.45) is 5.10 Å². The number of benzene rings is 4. The summed E-state index contributed by atoms with van der Waals surface area (Å²) in [6.07, 6.45) is 2.40. The molecule has 0 saturated carbocycles. The Bertz CT molecular complexity index is 1380. The van der Waals surface area contributed by atoms with E-state index in [1.165, 1.54) is 13.3 Å². The molecular formula is C29H27ClN2O4. The van der Waals surface area contributed by atoms with E-state index in [0.717, 1.165) is 28.3 Å². The summed E-state index contributed by atoms with van der Waals surface area (Å²) >= 11 is 6.44. The number of amides is 1. The second-order valence-corrected chi connectivity index (χ2v) is 8.44. The standard InChI is InChI=1S/C29H27ClN2O4/c1-3-15-35-27-14-12-22(17-28(27)34-2)29(33)32-31-18-20-11-13-26(25(30)16-20)36-19-23-9-6-8-21-7-4-5-10-24(21)23/h4-14,16-18H,3,15,19H2,1-2H3,(H,32,33)/b31-18+. The first-order chi connectivity index (χ1) is 17.6. The van der Waals surface area contributed by atoms with Crippen LogP contribution >= 0.6 is 11.6 Å². The van der Waals surface area contributed by atoms with Gasteiger partial charge in [0, 0.05) is 5.56 Å². The van der Waals surface area contributed by atoms with Gasteiger partial charge in [-0.05, 0) is 64.7 Å². The first kappa shape index (κ1) is 25.1. The number of rotatable bonds is 10. The van der Waals surface area contributed by atoms with Gasteiger partial charge in [0.2, 0.25) is 0 Å². The molecule has 36 heavy (non-hydrogen) atoms. The van der Waals surface area contributed by atoms with Crippen LogP contribution < -0.4 is 19.6 Å². The fraction of sp³-hybridized carbons (Fsp3) is 0.172. The van der Waals surface area contributed by atoms with E-state index in [2.05, 4.69) is 28.7 Å². The normalized spacial score (nSPS) is 11.0. The van der Waals surface area contributed by atoms with Crippen molar-refractivity contribution < 1.29 is 19.0 Å². The number of hydrogen-bond donors (Lipinski definition) is 1. The number of ether oxygens (including phenoxy) is 3. The Morgan fingerprint density at radius 1 is 0.944 bits per heavy atom. The number of hydrogen-bond acceptors (Lipinski definition) is 5. The smallest absolute Gasteiger partial charge is 0.271 e. The molecule has 1 amide bonds. The molecule has 0 heterocycles. The molecule has 7 heteroatoms. The summed E-state index contributed by atoms with van der Waals surface area (Å²) < 4.78 is 16.9. The molecular weight excluding hydrogens is 476 g/mol. The molecule has 0 fully saturated rings. The van der Waals surface area contributed by atoms with Crippen molar-refractivity contribution in [3.05, 3.63) is 101 Å². The van der Waals surface area contributed by atoms with Crippen LogP contribution in [-0.4, -0.2) is 25.8 Å². The van der Waals surface area contributed by atoms with Gasteiger partial charge in [0.1, 0.15) is 12.4 Å². The highest BCUT2D eigenvalue weighted by atomic mass is 35.5. The molecule has 0 aliphatic rings. The monoisotopic (exact) mass is 502 g/mol. The Morgan fingerprint density at radius 2 is 1.75 bits per heavy atom. The fourth-order valence-corrected chi connectivity index (χ4v) is 3.90. The Labute approximate surface area is 215 Å². The van der Waals surface area contributed by atoms with Crippen molar-refractivity contribution in [3.8, 4) is 17.2 Å². The van der Waals surface area contributed by atoms with Crippen molar-refractivity contribution in [1.29, 1.82) is 0 Å². The lowest BCUT2D eigenvalue weighted by molar-refractivity contribution is 0.0954. The molecule has 1 N–H and O–H groups in total. The van der Waals surface area contributed by atoms with E-state index in [4.69, 9.17) is 25.8 Å². The van der Waals surface area contributed by atoms with Gasteiger partial charge in [-0.25, -0.2) is 5.43 Å². The largest absolute Gasteiger partial charge is 0.493 e. The first-order valence-corrected chi connectivity index (χ1v) is 12.0. The van der Waals surface area contributed by atoms with Gasteiger partial charge in [0.15, 0.2) is 11.5 Å². The molecule has 0 atom stereocenters. The van der Waals surface area contributed by atoms with Crippen LogP contribution in [0.3, 0.4) is 0 Å². The zero-order valence-electron chi connectivity index (χ0n) is 20.2. The predicted molar refractivity (Wildman–Crippen MR) is 144 cm³/mol. The molecule has 0 spiro atoms. The molecule has 0 aliphatic carbocycles. The molecule has 4 aromatic rings. The second kappa shape index (κ2) is 12.1. The lowest BCUT2D eigenvalue weighted by atomic mass is 10.1. The summed E-state index contributed by atoms with van der Waals surface area (Å²) in [6, 6.07) is 24.7. The lowest BCUT2D eigenvalue weighted by Crippen LogP contribution is -2.17. The number of methoxy groups -OCH3 is 1. The zero-order valence-corrected chi connectivity index (χ0v) is 20.9. The summed E-state index contributed by atoms with van der Waals surface area (Å²) in [5.74, 6) is 1.29. The van der Waals surface area contributed by atoms with E-state index in [0.29, 0.717) is 41.0 Å². The van der Waals surface area contributed by atoms with Crippen molar-refractivity contribution in [3.63, 3.8) is 0 Å². The van der Waals surface area contributed by atoms with Crippen LogP contribution in [0.5, 0.6) is 17.2 Å². The Morgan fingerprint density at radius 3 is 2.56 bits per heavy atom. The molecule has 0 aliphatic heterocycles. The maximum atomic E-state index is 12.5. The van der Waals surface area contributed by atoms with E-state index in [1.807, 2.05) is 37.3 Å². The Balaban J connectivity index is 1.37. The molecule has 0 saturated heterocycles. The van der Waals surface area contributed by atoms with Gasteiger partial charge in [-0.2, -0.15) is 5.10 Å². The Kier molecular flexibility index (Phi) is 8.42. The van der Waals surface area contributed by atoms with E-state index in [9.17, 15) is 4.79 Å². The highest BCUT2D eigenvalue weighted by molar-refractivity contribution is 6.32. The van der Waals surface area contributed by atoms with Gasteiger partial charge >= 0.3 is 0 Å². The molecule has 0 unspecified atom stereocenters. The SMILES string of the molecule is CCCOc1ccc(C(=O)N/N=C/c2ccc(OCc3cccc4ccccc34)c(Cl)c2)cc1OC. The summed E-state index contributed by atoms with van der Waals surface area (Å²) in [4.78, 5) is 12.5. The van der Waals surface area contributed by atoms with E-state index in [-0.39, 0.29) is 5.91 Å². The molecule has 0 bridgehead atoms. The van der Waals surface area contributed by atoms with Crippen LogP contribution in [0.15, 0.2) is 84.0 Å². The fourth-order valence-electron chi connectivity index (χ4n) is 3.66. The zero-order chi connectivity index (χ0) is 25.3. The third-order valence-corrected chi connectivity index (χ3v) is 5.78. The number of halogens is 1. The predicted octanol–water partition coefficient (Wildman–Crippen LogP) is 6.63. The number of fused-ring (bicyclic) bond motifs is 1. The van der Waals surface area contributed by atoms with Gasteiger partial charge in [-0.1, -0.05) is 61.0 Å². The van der Waals surface area contributed by atoms with Crippen molar-refractivity contribution in [1.82, 2.24) is 5.43 Å². The number of nitrogens with zero attached hydrogens (tertiary/aromatic N) is 1. The van der Waals surface area contributed by atoms with Crippen molar-refractivity contribution in [2.75, 3.05) is 13.7 Å². The minimum absolute atomic E-state index is 0.368. The average Bonchev–Trinajstić information content (AvgIpc) is 2.91. The maximum absolute atomic E-state index is 12.5. The molecule has 0 radical (unpaired) electrons. The minimum Gasteiger partial charge on any atom is -0.493 e. The molecule has 4 aromatic carbocycles. The number of hydrazone groups is 1. The lowest BCUT2D eigenvalue weighted by Gasteiger charge is -2.11. The number of nitrogens with one attached hydrogen (secondary N) is 1. The second-order valence-electron chi connectivity index (χ2n) is 8.03. The van der Waals surface area contributed by atoms with Crippen molar-refractivity contribution in [2.45, 2.75) is 20.0 Å². The van der Waals surface area contributed by atoms with Crippen LogP contribution in [-0.2, 0) is 6.61 Å². The molecule has 0 aromatic heterocycles. The van der Waals surface area contributed by atoms with E-state index >= 15 is 0 Å². The number of carbonyl (C=O) groups is 1. The molecule has 4 rings (SSSR count). The van der Waals surface area contributed by atoms with Gasteiger partial charge in [-0.3, -0.25) is 4.79 Å². The van der Waals surface area contributed by atoms with Gasteiger partial charge in [-0.15, -0.1) is 0 Å². The third kappa shape index (κ3) is 6.15. The quantitative estimate of drug-likeness (QED) is 0.195.